The van der Waals surface area contributed by atoms with Crippen LogP contribution in [0.3, 0.4) is 0 Å². The minimum atomic E-state index is -4.77. The molecule has 1 amide bonds. The Balaban J connectivity index is 1.72. The third-order valence-electron chi connectivity index (χ3n) is 5.88. The molecule has 0 aliphatic heterocycles. The highest BCUT2D eigenvalue weighted by Gasteiger charge is 2.40. The van der Waals surface area contributed by atoms with Crippen molar-refractivity contribution in [1.82, 2.24) is 4.98 Å². The number of hydrogen-bond donors (Lipinski definition) is 0. The highest BCUT2D eigenvalue weighted by atomic mass is 35.5. The van der Waals surface area contributed by atoms with Crippen molar-refractivity contribution < 1.29 is 22.7 Å². The molecule has 10 heteroatoms. The van der Waals surface area contributed by atoms with Crippen LogP contribution in [0, 0.1) is 0 Å². The molecule has 0 radical (unpaired) electrons. The SMILES string of the molecule is CCOc1ccc(N(C(=O)c2ccc(Cl)cc2Cl)c2nc(C(F)(F)F)c(-c3cccc4ccccc34)s2)cc1. The number of carbonyl (C=O) groups is 1. The molecule has 0 spiro atoms. The summed E-state index contributed by atoms with van der Waals surface area (Å²) in [7, 11) is 0. The zero-order valence-electron chi connectivity index (χ0n) is 20.3. The van der Waals surface area contributed by atoms with E-state index < -0.39 is 17.8 Å². The van der Waals surface area contributed by atoms with Gasteiger partial charge in [0, 0.05) is 10.6 Å². The van der Waals surface area contributed by atoms with Gasteiger partial charge in [-0.2, -0.15) is 13.2 Å². The minimum absolute atomic E-state index is 0.0605. The maximum atomic E-state index is 14.4. The van der Waals surface area contributed by atoms with E-state index >= 15 is 0 Å². The first-order valence-electron chi connectivity index (χ1n) is 11.8. The van der Waals surface area contributed by atoms with Crippen LogP contribution in [0.2, 0.25) is 10.0 Å². The molecule has 0 fully saturated rings. The molecule has 4 nitrogen and oxygen atoms in total. The number of ether oxygens (including phenoxy) is 1. The zero-order chi connectivity index (χ0) is 27.7. The third-order valence-corrected chi connectivity index (χ3v) is 7.50. The lowest BCUT2D eigenvalue weighted by atomic mass is 10.0. The van der Waals surface area contributed by atoms with Crippen LogP contribution in [-0.4, -0.2) is 17.5 Å². The van der Waals surface area contributed by atoms with Crippen LogP contribution in [-0.2, 0) is 6.18 Å². The number of rotatable bonds is 6. The smallest absolute Gasteiger partial charge is 0.434 e. The van der Waals surface area contributed by atoms with Crippen molar-refractivity contribution in [3.63, 3.8) is 0 Å². The summed E-state index contributed by atoms with van der Waals surface area (Å²) in [5.74, 6) is -0.113. The molecule has 1 heterocycles. The molecule has 4 aromatic carbocycles. The Hall–Kier alpha value is -3.59. The summed E-state index contributed by atoms with van der Waals surface area (Å²) in [5, 5.41) is 1.64. The molecule has 0 aliphatic carbocycles. The monoisotopic (exact) mass is 586 g/mol. The van der Waals surface area contributed by atoms with E-state index in [0.29, 0.717) is 34.0 Å². The molecule has 1 aromatic heterocycles. The number of hydrogen-bond acceptors (Lipinski definition) is 4. The van der Waals surface area contributed by atoms with Crippen LogP contribution >= 0.6 is 34.5 Å². The van der Waals surface area contributed by atoms with Gasteiger partial charge in [-0.15, -0.1) is 0 Å². The maximum absolute atomic E-state index is 14.4. The number of aromatic nitrogens is 1. The number of anilines is 2. The van der Waals surface area contributed by atoms with Crippen LogP contribution in [0.25, 0.3) is 21.2 Å². The topological polar surface area (TPSA) is 42.4 Å². The van der Waals surface area contributed by atoms with Crippen molar-refractivity contribution in [2.75, 3.05) is 11.5 Å². The van der Waals surface area contributed by atoms with Gasteiger partial charge in [-0.3, -0.25) is 9.69 Å². The third kappa shape index (κ3) is 5.45. The van der Waals surface area contributed by atoms with E-state index in [0.717, 1.165) is 21.6 Å². The molecular weight excluding hydrogens is 568 g/mol. The number of benzene rings is 4. The summed E-state index contributed by atoms with van der Waals surface area (Å²) in [6, 6.07) is 23.0. The number of fused-ring (bicyclic) bond motifs is 1. The highest BCUT2D eigenvalue weighted by Crippen LogP contribution is 2.46. The summed E-state index contributed by atoms with van der Waals surface area (Å²) >= 11 is 13.1. The number of nitrogens with zero attached hydrogens (tertiary/aromatic N) is 2. The van der Waals surface area contributed by atoms with Crippen molar-refractivity contribution in [3.05, 3.63) is 106 Å². The lowest BCUT2D eigenvalue weighted by Gasteiger charge is -2.21. The molecule has 0 atom stereocenters. The van der Waals surface area contributed by atoms with Crippen molar-refractivity contribution in [1.29, 1.82) is 0 Å². The molecule has 198 valence electrons. The normalized spacial score (nSPS) is 11.5. The fraction of sp³-hybridized carbons (Fsp3) is 0.103. The van der Waals surface area contributed by atoms with Gasteiger partial charge in [-0.05, 0) is 60.2 Å². The second kappa shape index (κ2) is 10.9. The molecule has 39 heavy (non-hydrogen) atoms. The van der Waals surface area contributed by atoms with Crippen molar-refractivity contribution in [2.24, 2.45) is 0 Å². The number of carbonyl (C=O) groups excluding carboxylic acids is 1. The van der Waals surface area contributed by atoms with E-state index in [1.165, 1.54) is 18.2 Å². The summed E-state index contributed by atoms with van der Waals surface area (Å²) in [6.07, 6.45) is -4.77. The Labute approximate surface area is 236 Å². The van der Waals surface area contributed by atoms with Gasteiger partial charge in [0.15, 0.2) is 10.8 Å². The molecule has 0 unspecified atom stereocenters. The quantitative estimate of drug-likeness (QED) is 0.199. The summed E-state index contributed by atoms with van der Waals surface area (Å²) < 4.78 is 48.6. The standard InChI is InChI=1S/C29H19Cl2F3N2O2S/c1-2-38-20-13-11-19(12-14-20)36(27(37)23-15-10-18(30)16-24(23)31)28-35-26(29(32,33)34)25(39-28)22-9-5-7-17-6-3-4-8-21(17)22/h3-16H,2H2,1H3. The summed E-state index contributed by atoms with van der Waals surface area (Å²) in [5.41, 5.74) is -0.357. The summed E-state index contributed by atoms with van der Waals surface area (Å²) in [6.45, 7) is 2.26. The Morgan fingerprint density at radius 2 is 1.69 bits per heavy atom. The van der Waals surface area contributed by atoms with Gasteiger partial charge in [0.05, 0.1) is 27.8 Å². The van der Waals surface area contributed by atoms with Gasteiger partial charge in [0.1, 0.15) is 5.75 Å². The van der Waals surface area contributed by atoms with Crippen LogP contribution in [0.1, 0.15) is 23.0 Å². The molecule has 0 saturated heterocycles. The first-order valence-corrected chi connectivity index (χ1v) is 13.3. The lowest BCUT2D eigenvalue weighted by molar-refractivity contribution is -0.140. The van der Waals surface area contributed by atoms with Crippen molar-refractivity contribution >= 4 is 62.0 Å². The molecule has 0 N–H and O–H groups in total. The molecule has 0 aliphatic rings. The van der Waals surface area contributed by atoms with E-state index in [4.69, 9.17) is 27.9 Å². The van der Waals surface area contributed by atoms with Gasteiger partial charge < -0.3 is 4.74 Å². The Morgan fingerprint density at radius 1 is 0.974 bits per heavy atom. The van der Waals surface area contributed by atoms with Crippen LogP contribution in [0.15, 0.2) is 84.9 Å². The van der Waals surface area contributed by atoms with Gasteiger partial charge in [-0.25, -0.2) is 4.98 Å². The van der Waals surface area contributed by atoms with E-state index in [2.05, 4.69) is 4.98 Å². The zero-order valence-corrected chi connectivity index (χ0v) is 22.6. The number of halogens is 5. The van der Waals surface area contributed by atoms with Crippen LogP contribution in [0.5, 0.6) is 5.75 Å². The summed E-state index contributed by atoms with van der Waals surface area (Å²) in [4.78, 5) is 18.9. The average Bonchev–Trinajstić information content (AvgIpc) is 3.35. The minimum Gasteiger partial charge on any atom is -0.494 e. The second-order valence-electron chi connectivity index (χ2n) is 8.39. The largest absolute Gasteiger partial charge is 0.494 e. The predicted molar refractivity (Wildman–Crippen MR) is 151 cm³/mol. The Kier molecular flexibility index (Phi) is 7.53. The Morgan fingerprint density at radius 3 is 2.38 bits per heavy atom. The fourth-order valence-corrected chi connectivity index (χ4v) is 5.79. The number of alkyl halides is 3. The van der Waals surface area contributed by atoms with E-state index in [1.54, 1.807) is 48.5 Å². The van der Waals surface area contributed by atoms with Gasteiger partial charge >= 0.3 is 6.18 Å². The molecule has 0 saturated carbocycles. The van der Waals surface area contributed by atoms with Gasteiger partial charge in [0.25, 0.3) is 5.91 Å². The molecular formula is C29H19Cl2F3N2O2S. The van der Waals surface area contributed by atoms with Crippen molar-refractivity contribution in [2.45, 2.75) is 13.1 Å². The van der Waals surface area contributed by atoms with Gasteiger partial charge in [-0.1, -0.05) is 77.0 Å². The van der Waals surface area contributed by atoms with Crippen LogP contribution in [0.4, 0.5) is 24.0 Å². The predicted octanol–water partition coefficient (Wildman–Crippen LogP) is 9.67. The molecule has 0 bridgehead atoms. The van der Waals surface area contributed by atoms with Gasteiger partial charge in [0.2, 0.25) is 0 Å². The van der Waals surface area contributed by atoms with E-state index in [-0.39, 0.29) is 20.6 Å². The molecule has 5 aromatic rings. The molecule has 5 rings (SSSR count). The number of thiazole rings is 1. The van der Waals surface area contributed by atoms with Crippen molar-refractivity contribution in [3.8, 4) is 16.2 Å². The maximum Gasteiger partial charge on any atom is 0.434 e. The second-order valence-corrected chi connectivity index (χ2v) is 10.2. The Bertz CT molecular complexity index is 1660. The fourth-order valence-electron chi connectivity index (χ4n) is 4.16. The lowest BCUT2D eigenvalue weighted by Crippen LogP contribution is -2.26. The first kappa shape index (κ1) is 27.0. The van der Waals surface area contributed by atoms with E-state index in [9.17, 15) is 18.0 Å². The number of amides is 1. The van der Waals surface area contributed by atoms with Crippen LogP contribution < -0.4 is 9.64 Å². The van der Waals surface area contributed by atoms with E-state index in [1.807, 2.05) is 25.1 Å². The highest BCUT2D eigenvalue weighted by molar-refractivity contribution is 7.19. The first-order chi connectivity index (χ1) is 18.7. The average molecular weight is 587 g/mol.